The van der Waals surface area contributed by atoms with E-state index >= 15 is 0 Å². The number of carbonyl (C=O) groups is 1. The fraction of sp³-hybridized carbons (Fsp3) is 0.235. The second-order valence-electron chi connectivity index (χ2n) is 4.76. The van der Waals surface area contributed by atoms with E-state index in [4.69, 9.17) is 9.47 Å². The summed E-state index contributed by atoms with van der Waals surface area (Å²) in [5.41, 5.74) is 1.71. The Morgan fingerprint density at radius 3 is 2.32 bits per heavy atom. The minimum Gasteiger partial charge on any atom is -0.507 e. The number of phenolic OH excluding ortho intramolecular Hbond substituents is 1. The van der Waals surface area contributed by atoms with Gasteiger partial charge in [0.25, 0.3) is 0 Å². The molecule has 2 aromatic rings. The zero-order valence-corrected chi connectivity index (χ0v) is 12.8. The van der Waals surface area contributed by atoms with Gasteiger partial charge in [0.2, 0.25) is 0 Å². The molecule has 0 aromatic heterocycles. The van der Waals surface area contributed by atoms with Crippen molar-refractivity contribution in [3.63, 3.8) is 0 Å². The summed E-state index contributed by atoms with van der Waals surface area (Å²) in [6.07, 6.45) is 0. The van der Waals surface area contributed by atoms with Crippen LogP contribution in [0.5, 0.6) is 17.2 Å². The number of aryl methyl sites for hydroxylation is 1. The molecule has 0 unspecified atom stereocenters. The first-order valence-corrected chi connectivity index (χ1v) is 6.72. The molecular formula is C17H18O5. The molecule has 0 radical (unpaired) electrons. The van der Waals surface area contributed by atoms with Gasteiger partial charge in [-0.15, -0.1) is 0 Å². The summed E-state index contributed by atoms with van der Waals surface area (Å²) in [5, 5.41) is 9.94. The Morgan fingerprint density at radius 2 is 1.77 bits per heavy atom. The van der Waals surface area contributed by atoms with Crippen molar-refractivity contribution in [2.75, 3.05) is 14.2 Å². The fourth-order valence-electron chi connectivity index (χ4n) is 2.08. The highest BCUT2D eigenvalue weighted by atomic mass is 16.5. The number of benzene rings is 2. The molecule has 0 aliphatic rings. The third-order valence-corrected chi connectivity index (χ3v) is 3.24. The number of phenols is 1. The van der Waals surface area contributed by atoms with E-state index in [-0.39, 0.29) is 11.3 Å². The Kier molecular flexibility index (Phi) is 4.88. The third kappa shape index (κ3) is 3.49. The molecule has 2 rings (SSSR count). The first kappa shape index (κ1) is 15.7. The van der Waals surface area contributed by atoms with E-state index in [1.54, 1.807) is 20.1 Å². The van der Waals surface area contributed by atoms with Crippen LogP contribution in [0.4, 0.5) is 0 Å². The second-order valence-corrected chi connectivity index (χ2v) is 4.76. The zero-order valence-electron chi connectivity index (χ0n) is 12.8. The molecule has 0 saturated carbocycles. The van der Waals surface area contributed by atoms with E-state index in [0.29, 0.717) is 17.9 Å². The van der Waals surface area contributed by atoms with Gasteiger partial charge in [0.05, 0.1) is 14.2 Å². The Balaban J connectivity index is 2.11. The predicted molar refractivity (Wildman–Crippen MR) is 81.5 cm³/mol. The molecule has 2 aromatic carbocycles. The number of ether oxygens (including phenoxy) is 3. The summed E-state index contributed by atoms with van der Waals surface area (Å²) >= 11 is 0. The maximum absolute atomic E-state index is 11.6. The van der Waals surface area contributed by atoms with Gasteiger partial charge < -0.3 is 19.3 Å². The van der Waals surface area contributed by atoms with Crippen LogP contribution in [0.15, 0.2) is 36.4 Å². The summed E-state index contributed by atoms with van der Waals surface area (Å²) < 4.78 is 15.4. The summed E-state index contributed by atoms with van der Waals surface area (Å²) in [6, 6.07) is 10.6. The summed E-state index contributed by atoms with van der Waals surface area (Å²) in [6.45, 7) is 2.06. The lowest BCUT2D eigenvalue weighted by molar-refractivity contribution is 0.0596. The lowest BCUT2D eigenvalue weighted by atomic mass is 10.1. The van der Waals surface area contributed by atoms with Crippen LogP contribution in [0.2, 0.25) is 0 Å². The van der Waals surface area contributed by atoms with Crippen molar-refractivity contribution in [2.45, 2.75) is 13.5 Å². The number of carbonyl (C=O) groups excluding carboxylic acids is 1. The predicted octanol–water partition coefficient (Wildman–Crippen LogP) is 3.07. The first-order chi connectivity index (χ1) is 10.5. The summed E-state index contributed by atoms with van der Waals surface area (Å²) in [4.78, 5) is 11.6. The Hall–Kier alpha value is -2.69. The smallest absolute Gasteiger partial charge is 0.341 e. The van der Waals surface area contributed by atoms with E-state index in [0.717, 1.165) is 11.3 Å². The van der Waals surface area contributed by atoms with Crippen LogP contribution in [0.25, 0.3) is 0 Å². The molecular weight excluding hydrogens is 284 g/mol. The van der Waals surface area contributed by atoms with Gasteiger partial charge in [-0.05, 0) is 36.2 Å². The molecule has 22 heavy (non-hydrogen) atoms. The normalized spacial score (nSPS) is 10.1. The largest absolute Gasteiger partial charge is 0.507 e. The zero-order chi connectivity index (χ0) is 16.1. The van der Waals surface area contributed by atoms with Crippen molar-refractivity contribution in [2.24, 2.45) is 0 Å². The van der Waals surface area contributed by atoms with Gasteiger partial charge in [0.15, 0.2) is 0 Å². The molecule has 0 amide bonds. The quantitative estimate of drug-likeness (QED) is 0.860. The van der Waals surface area contributed by atoms with Crippen molar-refractivity contribution in [1.82, 2.24) is 0 Å². The standard InChI is InChI=1S/C17H18O5/c1-11-8-14(9-15(18)16(11)17(19)21-3)22-10-12-4-6-13(20-2)7-5-12/h4-9,18H,10H2,1-3H3. The minimum atomic E-state index is -0.572. The van der Waals surface area contributed by atoms with Gasteiger partial charge >= 0.3 is 5.97 Å². The topological polar surface area (TPSA) is 65.0 Å². The van der Waals surface area contributed by atoms with Crippen molar-refractivity contribution in [3.8, 4) is 17.2 Å². The van der Waals surface area contributed by atoms with Gasteiger partial charge in [0, 0.05) is 6.07 Å². The van der Waals surface area contributed by atoms with Gasteiger partial charge in [0.1, 0.15) is 29.4 Å². The Bertz CT molecular complexity index is 638. The molecule has 0 heterocycles. The highest BCUT2D eigenvalue weighted by molar-refractivity contribution is 5.94. The molecule has 0 spiro atoms. The molecule has 0 bridgehead atoms. The lowest BCUT2D eigenvalue weighted by Crippen LogP contribution is -2.05. The molecule has 0 aliphatic heterocycles. The van der Waals surface area contributed by atoms with E-state index in [1.165, 1.54) is 13.2 Å². The number of methoxy groups -OCH3 is 2. The molecule has 116 valence electrons. The number of rotatable bonds is 5. The van der Waals surface area contributed by atoms with Gasteiger partial charge in [-0.1, -0.05) is 12.1 Å². The third-order valence-electron chi connectivity index (χ3n) is 3.24. The van der Waals surface area contributed by atoms with Crippen LogP contribution >= 0.6 is 0 Å². The van der Waals surface area contributed by atoms with E-state index < -0.39 is 5.97 Å². The van der Waals surface area contributed by atoms with E-state index in [9.17, 15) is 9.90 Å². The van der Waals surface area contributed by atoms with Crippen LogP contribution in [0, 0.1) is 6.92 Å². The second kappa shape index (κ2) is 6.85. The molecule has 0 saturated heterocycles. The maximum Gasteiger partial charge on any atom is 0.341 e. The molecule has 5 nitrogen and oxygen atoms in total. The molecule has 1 N–H and O–H groups in total. The van der Waals surface area contributed by atoms with E-state index in [2.05, 4.69) is 4.74 Å². The average Bonchev–Trinajstić information content (AvgIpc) is 2.52. The van der Waals surface area contributed by atoms with Crippen LogP contribution < -0.4 is 9.47 Å². The van der Waals surface area contributed by atoms with Crippen molar-refractivity contribution in [3.05, 3.63) is 53.1 Å². The Morgan fingerprint density at radius 1 is 1.09 bits per heavy atom. The fourth-order valence-corrected chi connectivity index (χ4v) is 2.08. The maximum atomic E-state index is 11.6. The summed E-state index contributed by atoms with van der Waals surface area (Å²) in [7, 11) is 2.88. The average molecular weight is 302 g/mol. The highest BCUT2D eigenvalue weighted by Gasteiger charge is 2.16. The number of hydrogen-bond donors (Lipinski definition) is 1. The molecule has 0 atom stereocenters. The number of esters is 1. The monoisotopic (exact) mass is 302 g/mol. The minimum absolute atomic E-state index is 0.152. The summed E-state index contributed by atoms with van der Waals surface area (Å²) in [5.74, 6) is 0.534. The van der Waals surface area contributed by atoms with Crippen molar-refractivity contribution in [1.29, 1.82) is 0 Å². The van der Waals surface area contributed by atoms with Gasteiger partial charge in [-0.3, -0.25) is 0 Å². The number of hydrogen-bond acceptors (Lipinski definition) is 5. The van der Waals surface area contributed by atoms with Crippen LogP contribution in [-0.2, 0) is 11.3 Å². The van der Waals surface area contributed by atoms with Crippen LogP contribution in [-0.4, -0.2) is 25.3 Å². The number of aromatic hydroxyl groups is 1. The van der Waals surface area contributed by atoms with Crippen molar-refractivity contribution >= 4 is 5.97 Å². The highest BCUT2D eigenvalue weighted by Crippen LogP contribution is 2.28. The van der Waals surface area contributed by atoms with Gasteiger partial charge in [-0.25, -0.2) is 4.79 Å². The lowest BCUT2D eigenvalue weighted by Gasteiger charge is -2.11. The van der Waals surface area contributed by atoms with Crippen LogP contribution in [0.1, 0.15) is 21.5 Å². The molecule has 0 fully saturated rings. The van der Waals surface area contributed by atoms with Gasteiger partial charge in [-0.2, -0.15) is 0 Å². The Labute approximate surface area is 129 Å². The molecule has 5 heteroatoms. The van der Waals surface area contributed by atoms with Crippen molar-refractivity contribution < 1.29 is 24.1 Å². The first-order valence-electron chi connectivity index (χ1n) is 6.72. The SMILES string of the molecule is COC(=O)c1c(C)cc(OCc2ccc(OC)cc2)cc1O. The van der Waals surface area contributed by atoms with E-state index in [1.807, 2.05) is 24.3 Å². The molecule has 0 aliphatic carbocycles. The van der Waals surface area contributed by atoms with Crippen LogP contribution in [0.3, 0.4) is 0 Å².